The summed E-state index contributed by atoms with van der Waals surface area (Å²) in [5.74, 6) is 6.44. The van der Waals surface area contributed by atoms with Crippen LogP contribution in [0.5, 0.6) is 0 Å². The van der Waals surface area contributed by atoms with E-state index in [1.165, 1.54) is 0 Å². The van der Waals surface area contributed by atoms with E-state index < -0.39 is 0 Å². The Morgan fingerprint density at radius 2 is 2.20 bits per heavy atom. The molecular formula is C13H20O2. The number of hydrogen-bond acceptors (Lipinski definition) is 2. The monoisotopic (exact) mass is 208 g/mol. The van der Waals surface area contributed by atoms with Crippen molar-refractivity contribution in [3.8, 4) is 11.8 Å². The Morgan fingerprint density at radius 3 is 2.87 bits per heavy atom. The summed E-state index contributed by atoms with van der Waals surface area (Å²) in [7, 11) is 0. The van der Waals surface area contributed by atoms with Crippen LogP contribution >= 0.6 is 0 Å². The van der Waals surface area contributed by atoms with Crippen molar-refractivity contribution in [3.05, 3.63) is 0 Å². The van der Waals surface area contributed by atoms with Gasteiger partial charge in [0.2, 0.25) is 0 Å². The second-order valence-electron chi connectivity index (χ2n) is 4.10. The van der Waals surface area contributed by atoms with Gasteiger partial charge in [-0.1, -0.05) is 6.42 Å². The van der Waals surface area contributed by atoms with Gasteiger partial charge in [0.15, 0.2) is 0 Å². The number of hydrogen-bond donors (Lipinski definition) is 0. The first-order valence-corrected chi connectivity index (χ1v) is 5.86. The van der Waals surface area contributed by atoms with Gasteiger partial charge >= 0.3 is 0 Å². The van der Waals surface area contributed by atoms with E-state index in [9.17, 15) is 4.79 Å². The lowest BCUT2D eigenvalue weighted by Crippen LogP contribution is -2.14. The zero-order chi connectivity index (χ0) is 10.9. The summed E-state index contributed by atoms with van der Waals surface area (Å²) in [4.78, 5) is 10.7. The first-order chi connectivity index (χ1) is 7.29. The summed E-state index contributed by atoms with van der Waals surface area (Å²) >= 11 is 0. The summed E-state index contributed by atoms with van der Waals surface area (Å²) in [6.45, 7) is 2.47. The number of carbonyl (C=O) groups is 1. The van der Waals surface area contributed by atoms with Gasteiger partial charge in [0.25, 0.3) is 0 Å². The van der Waals surface area contributed by atoms with Crippen molar-refractivity contribution in [1.82, 2.24) is 0 Å². The van der Waals surface area contributed by atoms with Crippen molar-refractivity contribution < 1.29 is 9.53 Å². The summed E-state index contributed by atoms with van der Waals surface area (Å²) < 4.78 is 5.70. The Balaban J connectivity index is 1.89. The highest BCUT2D eigenvalue weighted by Crippen LogP contribution is 2.11. The van der Waals surface area contributed by atoms with Crippen LogP contribution in [0.2, 0.25) is 0 Å². The Morgan fingerprint density at radius 1 is 1.33 bits per heavy atom. The maximum Gasteiger partial charge on any atom is 0.129 e. The van der Waals surface area contributed by atoms with Gasteiger partial charge in [-0.05, 0) is 26.2 Å². The fraction of sp³-hybridized carbons (Fsp3) is 0.769. The summed E-state index contributed by atoms with van der Waals surface area (Å²) in [5, 5.41) is 0. The number of ketones is 1. The van der Waals surface area contributed by atoms with Gasteiger partial charge in [-0.15, -0.1) is 11.8 Å². The summed E-state index contributed by atoms with van der Waals surface area (Å²) in [5.41, 5.74) is 0. The summed E-state index contributed by atoms with van der Waals surface area (Å²) in [6, 6.07) is 0. The zero-order valence-corrected chi connectivity index (χ0v) is 9.55. The fourth-order valence-corrected chi connectivity index (χ4v) is 1.65. The van der Waals surface area contributed by atoms with E-state index in [1.54, 1.807) is 6.92 Å². The molecule has 0 aromatic heterocycles. The lowest BCUT2D eigenvalue weighted by atomic mass is 10.1. The zero-order valence-electron chi connectivity index (χ0n) is 9.55. The molecule has 2 heteroatoms. The number of rotatable bonds is 7. The standard InChI is InChI=1S/C13H20O2/c1-12(14)8-4-3-7-11-15-13-9-5-2-6-10-13/h13H,3-5,7-11H2,1H3/t13-/m1/s1. The molecule has 0 aromatic carbocycles. The number of unbranched alkanes of at least 4 members (excludes halogenated alkanes) is 2. The fourth-order valence-electron chi connectivity index (χ4n) is 1.65. The molecule has 1 rings (SSSR count). The van der Waals surface area contributed by atoms with Crippen LogP contribution in [-0.4, -0.2) is 18.5 Å². The van der Waals surface area contributed by atoms with Crippen LogP contribution in [0, 0.1) is 11.8 Å². The van der Waals surface area contributed by atoms with E-state index >= 15 is 0 Å². The Kier molecular flexibility index (Phi) is 6.11. The molecule has 0 radical (unpaired) electrons. The van der Waals surface area contributed by atoms with Crippen LogP contribution in [-0.2, 0) is 9.53 Å². The molecule has 0 heterocycles. The molecule has 0 saturated heterocycles. The predicted octanol–water partition coefficient (Wildman–Crippen LogP) is 2.71. The van der Waals surface area contributed by atoms with E-state index in [4.69, 9.17) is 4.74 Å². The molecule has 0 aliphatic heterocycles. The Hall–Kier alpha value is -0.810. The topological polar surface area (TPSA) is 26.3 Å². The molecule has 0 amide bonds. The van der Waals surface area contributed by atoms with Gasteiger partial charge in [0.1, 0.15) is 5.78 Å². The maximum atomic E-state index is 10.7. The average Bonchev–Trinajstić information content (AvgIpc) is 2.24. The number of carbonyl (C=O) groups excluding carboxylic acids is 1. The SMILES string of the molecule is CC(=O)CCCCCO[C@H]1CC#CCC1. The van der Waals surface area contributed by atoms with E-state index in [2.05, 4.69) is 11.8 Å². The lowest BCUT2D eigenvalue weighted by Gasteiger charge is -2.16. The van der Waals surface area contributed by atoms with Crippen molar-refractivity contribution in [1.29, 1.82) is 0 Å². The first-order valence-electron chi connectivity index (χ1n) is 5.86. The van der Waals surface area contributed by atoms with Crippen molar-refractivity contribution in [3.63, 3.8) is 0 Å². The number of Topliss-reactive ketones (excluding diaryl/α,β-unsaturated/α-hetero) is 1. The van der Waals surface area contributed by atoms with E-state index in [0.717, 1.165) is 51.6 Å². The van der Waals surface area contributed by atoms with Gasteiger partial charge in [0.05, 0.1) is 6.10 Å². The van der Waals surface area contributed by atoms with Crippen molar-refractivity contribution in [2.24, 2.45) is 0 Å². The number of ether oxygens (including phenoxy) is 1. The highest BCUT2D eigenvalue weighted by atomic mass is 16.5. The normalized spacial score (nSPS) is 19.4. The minimum Gasteiger partial charge on any atom is -0.377 e. The highest BCUT2D eigenvalue weighted by molar-refractivity contribution is 5.75. The van der Waals surface area contributed by atoms with Crippen LogP contribution in [0.3, 0.4) is 0 Å². The lowest BCUT2D eigenvalue weighted by molar-refractivity contribution is -0.117. The van der Waals surface area contributed by atoms with E-state index in [0.29, 0.717) is 11.9 Å². The first kappa shape index (κ1) is 12.3. The largest absolute Gasteiger partial charge is 0.377 e. The maximum absolute atomic E-state index is 10.7. The van der Waals surface area contributed by atoms with Gasteiger partial charge in [0, 0.05) is 25.9 Å². The minimum atomic E-state index is 0.290. The molecule has 1 aliphatic rings. The molecule has 1 atom stereocenters. The molecule has 0 fully saturated rings. The van der Waals surface area contributed by atoms with E-state index in [1.807, 2.05) is 0 Å². The average molecular weight is 208 g/mol. The molecular weight excluding hydrogens is 188 g/mol. The van der Waals surface area contributed by atoms with Crippen LogP contribution in [0.15, 0.2) is 0 Å². The quantitative estimate of drug-likeness (QED) is 0.475. The molecule has 0 spiro atoms. The Bertz CT molecular complexity index is 247. The Labute approximate surface area is 92.4 Å². The predicted molar refractivity (Wildman–Crippen MR) is 60.5 cm³/mol. The minimum absolute atomic E-state index is 0.290. The van der Waals surface area contributed by atoms with Gasteiger partial charge in [-0.25, -0.2) is 0 Å². The van der Waals surface area contributed by atoms with Crippen LogP contribution in [0.1, 0.15) is 51.9 Å². The molecule has 0 aromatic rings. The van der Waals surface area contributed by atoms with Crippen molar-refractivity contribution >= 4 is 5.78 Å². The molecule has 84 valence electrons. The molecule has 0 N–H and O–H groups in total. The summed E-state index contributed by atoms with van der Waals surface area (Å²) in [6.07, 6.45) is 7.20. The van der Waals surface area contributed by atoms with E-state index in [-0.39, 0.29) is 0 Å². The smallest absolute Gasteiger partial charge is 0.129 e. The molecule has 1 aliphatic carbocycles. The van der Waals surface area contributed by atoms with Gasteiger partial charge in [-0.2, -0.15) is 0 Å². The third-order valence-electron chi connectivity index (χ3n) is 2.57. The van der Waals surface area contributed by atoms with Crippen LogP contribution in [0.25, 0.3) is 0 Å². The third kappa shape index (κ3) is 6.30. The molecule has 15 heavy (non-hydrogen) atoms. The van der Waals surface area contributed by atoms with Crippen LogP contribution in [0.4, 0.5) is 0 Å². The third-order valence-corrected chi connectivity index (χ3v) is 2.57. The van der Waals surface area contributed by atoms with Gasteiger partial charge in [-0.3, -0.25) is 0 Å². The second kappa shape index (κ2) is 7.48. The molecule has 0 saturated carbocycles. The highest BCUT2D eigenvalue weighted by Gasteiger charge is 2.08. The van der Waals surface area contributed by atoms with Crippen molar-refractivity contribution in [2.45, 2.75) is 58.0 Å². The molecule has 2 nitrogen and oxygen atoms in total. The molecule has 0 unspecified atom stereocenters. The van der Waals surface area contributed by atoms with Crippen molar-refractivity contribution in [2.75, 3.05) is 6.61 Å². The van der Waals surface area contributed by atoms with Gasteiger partial charge < -0.3 is 9.53 Å². The van der Waals surface area contributed by atoms with Crippen LogP contribution < -0.4 is 0 Å². The second-order valence-corrected chi connectivity index (χ2v) is 4.10. The molecule has 0 bridgehead atoms.